The van der Waals surface area contributed by atoms with Gasteiger partial charge in [-0.05, 0) is 18.6 Å². The molecule has 0 aliphatic rings. The largest absolute Gasteiger partial charge is 0.382 e. The molecular formula is C19H10B5ClN8. The molecule has 3 aromatic heterocycles. The maximum Gasteiger partial charge on any atom is 0.155 e. The second-order valence-electron chi connectivity index (χ2n) is 7.20. The van der Waals surface area contributed by atoms with Gasteiger partial charge in [0, 0.05) is 5.56 Å². The Balaban J connectivity index is 1.97. The first-order chi connectivity index (χ1) is 15.6. The number of aromatic nitrogens is 5. The van der Waals surface area contributed by atoms with Crippen molar-refractivity contribution in [1.82, 2.24) is 24.6 Å². The smallest absolute Gasteiger partial charge is 0.155 e. The van der Waals surface area contributed by atoms with Gasteiger partial charge in [-0.15, -0.1) is 16.4 Å². The molecule has 14 heteroatoms. The normalized spacial score (nSPS) is 11.9. The van der Waals surface area contributed by atoms with Gasteiger partial charge in [0.2, 0.25) is 0 Å². The van der Waals surface area contributed by atoms with Gasteiger partial charge in [-0.2, -0.15) is 10.4 Å². The summed E-state index contributed by atoms with van der Waals surface area (Å²) in [6.45, 7) is 1.82. The molecule has 0 saturated heterocycles. The van der Waals surface area contributed by atoms with E-state index in [1.807, 2.05) is 13.0 Å². The highest BCUT2D eigenvalue weighted by atomic mass is 35.5. The minimum atomic E-state index is -0.492. The summed E-state index contributed by atoms with van der Waals surface area (Å²) >= 11 is 6.24. The number of hydrogen-bond donors (Lipinski definition) is 2. The minimum Gasteiger partial charge on any atom is -0.382 e. The van der Waals surface area contributed by atoms with E-state index in [2.05, 4.69) is 25.4 Å². The van der Waals surface area contributed by atoms with Crippen molar-refractivity contribution in [2.24, 2.45) is 0 Å². The summed E-state index contributed by atoms with van der Waals surface area (Å²) in [5.74, 6) is 0.283. The summed E-state index contributed by atoms with van der Waals surface area (Å²) in [6.07, 6.45) is 2.70. The molecule has 33 heavy (non-hydrogen) atoms. The van der Waals surface area contributed by atoms with Crippen molar-refractivity contribution in [2.45, 2.75) is 13.0 Å². The van der Waals surface area contributed by atoms with Gasteiger partial charge < -0.3 is 11.1 Å². The van der Waals surface area contributed by atoms with Gasteiger partial charge in [0.15, 0.2) is 10.8 Å². The third kappa shape index (κ3) is 3.74. The lowest BCUT2D eigenvalue weighted by Gasteiger charge is -2.24. The Morgan fingerprint density at radius 1 is 1.06 bits per heavy atom. The van der Waals surface area contributed by atoms with Crippen LogP contribution in [0, 0.1) is 11.3 Å². The van der Waals surface area contributed by atoms with E-state index in [4.69, 9.17) is 56.6 Å². The van der Waals surface area contributed by atoms with Crippen LogP contribution in [0.4, 0.5) is 11.6 Å². The van der Waals surface area contributed by atoms with Crippen molar-refractivity contribution in [1.29, 1.82) is 5.26 Å². The summed E-state index contributed by atoms with van der Waals surface area (Å²) in [7, 11) is 30.7. The standard InChI is InChI=1S/C19H10B5ClN8/c1-6(31-19-8(3-26)18(27)29-5-30-19)7-2-10-28-4-9(25)33(10)32-17(7)11-12(20)14(22)16(24)15(23)13(11)21/h2,4-6H,1H3,(H3,27,29,30,31)/t6-/m0/s1. The number of rotatable bonds is 4. The van der Waals surface area contributed by atoms with Crippen LogP contribution in [-0.4, -0.2) is 63.8 Å². The van der Waals surface area contributed by atoms with Crippen LogP contribution in [0.25, 0.3) is 16.9 Å². The highest BCUT2D eigenvalue weighted by molar-refractivity contribution is 6.68. The van der Waals surface area contributed by atoms with Gasteiger partial charge in [-0.25, -0.2) is 19.5 Å². The molecule has 0 unspecified atom stereocenters. The van der Waals surface area contributed by atoms with Crippen LogP contribution < -0.4 is 38.4 Å². The third-order valence-electron chi connectivity index (χ3n) is 5.23. The Morgan fingerprint density at radius 2 is 1.70 bits per heavy atom. The van der Waals surface area contributed by atoms with E-state index in [0.29, 0.717) is 16.9 Å². The maximum atomic E-state index is 9.46. The van der Waals surface area contributed by atoms with Crippen LogP contribution >= 0.6 is 11.6 Å². The van der Waals surface area contributed by atoms with E-state index in [1.165, 1.54) is 17.0 Å². The van der Waals surface area contributed by atoms with Gasteiger partial charge in [0.05, 0.1) is 17.9 Å². The van der Waals surface area contributed by atoms with E-state index < -0.39 is 6.04 Å². The first-order valence-electron chi connectivity index (χ1n) is 9.48. The van der Waals surface area contributed by atoms with Crippen molar-refractivity contribution in [2.75, 3.05) is 11.1 Å². The number of fused-ring (bicyclic) bond motifs is 1. The highest BCUT2D eigenvalue weighted by Crippen LogP contribution is 2.29. The van der Waals surface area contributed by atoms with Crippen LogP contribution in [0.5, 0.6) is 0 Å². The Morgan fingerprint density at radius 3 is 2.33 bits per heavy atom. The number of imidazole rings is 1. The van der Waals surface area contributed by atoms with Gasteiger partial charge >= 0.3 is 0 Å². The number of nitriles is 1. The number of halogens is 1. The zero-order valence-electron chi connectivity index (χ0n) is 17.3. The number of benzene rings is 1. The van der Waals surface area contributed by atoms with Gasteiger partial charge in [-0.1, -0.05) is 22.5 Å². The van der Waals surface area contributed by atoms with Crippen molar-refractivity contribution >= 4 is 95.4 Å². The monoisotopic (exact) mass is 440 g/mol. The second-order valence-corrected chi connectivity index (χ2v) is 7.59. The molecule has 148 valence electrons. The SMILES string of the molecule is [B]c1c([B])c([B])c(-c2nn3c(Cl)cnc3cc2[C@H](C)Nc2ncnc(N)c2C#N)c([B])c1[B]. The maximum absolute atomic E-state index is 9.46. The van der Waals surface area contributed by atoms with E-state index in [1.54, 1.807) is 6.07 Å². The molecular weight excluding hydrogens is 430 g/mol. The van der Waals surface area contributed by atoms with Crippen molar-refractivity contribution in [3.8, 4) is 17.3 Å². The van der Waals surface area contributed by atoms with Crippen molar-refractivity contribution in [3.63, 3.8) is 0 Å². The average molecular weight is 440 g/mol. The van der Waals surface area contributed by atoms with E-state index >= 15 is 0 Å². The molecule has 4 aromatic rings. The van der Waals surface area contributed by atoms with Crippen LogP contribution in [0.2, 0.25) is 5.15 Å². The summed E-state index contributed by atoms with van der Waals surface area (Å²) in [4.78, 5) is 12.2. The van der Waals surface area contributed by atoms with Crippen LogP contribution in [0.3, 0.4) is 0 Å². The van der Waals surface area contributed by atoms with Crippen LogP contribution in [0.15, 0.2) is 18.6 Å². The van der Waals surface area contributed by atoms with Gasteiger partial charge in [0.25, 0.3) is 0 Å². The highest BCUT2D eigenvalue weighted by Gasteiger charge is 2.22. The minimum absolute atomic E-state index is 0.0450. The molecule has 0 aliphatic carbocycles. The number of nitrogens with one attached hydrogen (secondary N) is 1. The lowest BCUT2D eigenvalue weighted by Crippen LogP contribution is -2.55. The molecule has 1 aromatic carbocycles. The van der Waals surface area contributed by atoms with E-state index in [-0.39, 0.29) is 55.2 Å². The van der Waals surface area contributed by atoms with E-state index in [0.717, 1.165) is 0 Å². The molecule has 3 N–H and O–H groups in total. The van der Waals surface area contributed by atoms with Crippen LogP contribution in [-0.2, 0) is 0 Å². The Kier molecular flexibility index (Phi) is 5.89. The van der Waals surface area contributed by atoms with Crippen molar-refractivity contribution < 1.29 is 0 Å². The predicted octanol–water partition coefficient (Wildman–Crippen LogP) is -2.56. The molecule has 3 heterocycles. The van der Waals surface area contributed by atoms with Crippen molar-refractivity contribution in [3.05, 3.63) is 34.9 Å². The lowest BCUT2D eigenvalue weighted by molar-refractivity contribution is 0.841. The van der Waals surface area contributed by atoms with Gasteiger partial charge in [0.1, 0.15) is 68.8 Å². The number of nitrogen functional groups attached to an aromatic ring is 1. The van der Waals surface area contributed by atoms with Crippen LogP contribution in [0.1, 0.15) is 24.1 Å². The molecule has 0 bridgehead atoms. The molecule has 8 nitrogen and oxygen atoms in total. The number of hydrogen-bond acceptors (Lipinski definition) is 7. The average Bonchev–Trinajstić information content (AvgIpc) is 3.16. The first kappa shape index (κ1) is 22.8. The Hall–Kier alpha value is -3.38. The Labute approximate surface area is 201 Å². The zero-order valence-corrected chi connectivity index (χ0v) is 18.1. The third-order valence-corrected chi connectivity index (χ3v) is 5.48. The first-order valence-corrected chi connectivity index (χ1v) is 9.86. The molecule has 1 atom stereocenters. The molecule has 10 radical (unpaired) electrons. The Bertz CT molecular complexity index is 1440. The molecule has 0 amide bonds. The zero-order chi connectivity index (χ0) is 24.0. The number of anilines is 2. The predicted molar refractivity (Wildman–Crippen MR) is 134 cm³/mol. The fourth-order valence-electron chi connectivity index (χ4n) is 3.43. The number of nitrogens with two attached hydrogens (primary N) is 1. The molecule has 4 rings (SSSR count). The summed E-state index contributed by atoms with van der Waals surface area (Å²) in [6, 6.07) is 3.24. The summed E-state index contributed by atoms with van der Waals surface area (Å²) in [5, 5.41) is 17.5. The fourth-order valence-corrected chi connectivity index (χ4v) is 3.60. The lowest BCUT2D eigenvalue weighted by atomic mass is 9.60. The fraction of sp³-hybridized carbons (Fsp3) is 0.105. The number of nitrogens with zero attached hydrogens (tertiary/aromatic N) is 6. The summed E-state index contributed by atoms with van der Waals surface area (Å²) < 4.78 is 1.41. The van der Waals surface area contributed by atoms with Gasteiger partial charge in [-0.3, -0.25) is 0 Å². The second kappa shape index (κ2) is 8.52. The molecule has 0 saturated carbocycles. The van der Waals surface area contributed by atoms with E-state index in [9.17, 15) is 5.26 Å². The molecule has 0 spiro atoms. The molecule has 0 fully saturated rings. The molecule has 0 aliphatic heterocycles. The quantitative estimate of drug-likeness (QED) is 0.336. The topological polar surface area (TPSA) is 118 Å². The summed E-state index contributed by atoms with van der Waals surface area (Å²) in [5.41, 5.74) is 8.04.